The minimum Gasteiger partial charge on any atom is -0.492 e. The molecule has 2 aromatic rings. The molecule has 15 heavy (non-hydrogen) atoms. The summed E-state index contributed by atoms with van der Waals surface area (Å²) in [5.74, 6) is 0.642. The van der Waals surface area contributed by atoms with E-state index in [2.05, 4.69) is 27.5 Å². The van der Waals surface area contributed by atoms with Gasteiger partial charge in [-0.25, -0.2) is 4.98 Å². The van der Waals surface area contributed by atoms with Gasteiger partial charge in [0, 0.05) is 10.7 Å². The number of halogens is 1. The second-order valence-corrected chi connectivity index (χ2v) is 3.99. The molecule has 0 aliphatic heterocycles. The minimum absolute atomic E-state index is 0.611. The molecule has 0 N–H and O–H groups in total. The van der Waals surface area contributed by atoms with Crippen LogP contribution < -0.4 is 0 Å². The predicted molar refractivity (Wildman–Crippen MR) is 63.6 cm³/mol. The van der Waals surface area contributed by atoms with E-state index in [1.807, 2.05) is 29.7 Å². The summed E-state index contributed by atoms with van der Waals surface area (Å²) in [6.07, 6.45) is 3.71. The van der Waals surface area contributed by atoms with Crippen molar-refractivity contribution in [2.45, 2.75) is 6.92 Å². The van der Waals surface area contributed by atoms with Gasteiger partial charge in [0.15, 0.2) is 0 Å². The summed E-state index contributed by atoms with van der Waals surface area (Å²) in [6.45, 7) is 6.41. The van der Waals surface area contributed by atoms with E-state index in [1.165, 1.54) is 0 Å². The molecule has 0 unspecified atom stereocenters. The van der Waals surface area contributed by atoms with E-state index in [9.17, 15) is 0 Å². The van der Waals surface area contributed by atoms with Gasteiger partial charge in [0.25, 0.3) is 0 Å². The molecule has 0 aliphatic rings. The van der Waals surface area contributed by atoms with E-state index < -0.39 is 0 Å². The largest absolute Gasteiger partial charge is 0.492 e. The average molecular weight is 267 g/mol. The van der Waals surface area contributed by atoms with E-state index in [0.29, 0.717) is 12.4 Å². The molecular formula is C11H11BrN2O. The lowest BCUT2D eigenvalue weighted by atomic mass is 10.4. The summed E-state index contributed by atoms with van der Waals surface area (Å²) in [7, 11) is 0. The van der Waals surface area contributed by atoms with E-state index in [4.69, 9.17) is 4.74 Å². The third-order valence-electron chi connectivity index (χ3n) is 2.07. The first-order valence-corrected chi connectivity index (χ1v) is 5.46. The third-order valence-corrected chi connectivity index (χ3v) is 2.54. The van der Waals surface area contributed by atoms with Gasteiger partial charge in [0.2, 0.25) is 0 Å². The Hall–Kier alpha value is -1.29. The van der Waals surface area contributed by atoms with Crippen molar-refractivity contribution in [1.82, 2.24) is 9.38 Å². The molecule has 0 atom stereocenters. The predicted octanol–water partition coefficient (Wildman–Crippen LogP) is 3.10. The Morgan fingerprint density at radius 2 is 2.40 bits per heavy atom. The fourth-order valence-corrected chi connectivity index (χ4v) is 1.75. The molecule has 0 saturated heterocycles. The highest BCUT2D eigenvalue weighted by Gasteiger charge is 2.07. The van der Waals surface area contributed by atoms with Crippen molar-refractivity contribution in [3.05, 3.63) is 41.3 Å². The van der Waals surface area contributed by atoms with Crippen molar-refractivity contribution in [2.24, 2.45) is 0 Å². The number of hydrogen-bond acceptors (Lipinski definition) is 2. The zero-order chi connectivity index (χ0) is 10.8. The van der Waals surface area contributed by atoms with Crippen molar-refractivity contribution in [2.75, 3.05) is 6.61 Å². The van der Waals surface area contributed by atoms with Crippen LogP contribution in [0, 0.1) is 0 Å². The van der Waals surface area contributed by atoms with Crippen LogP contribution in [0.25, 0.3) is 11.4 Å². The van der Waals surface area contributed by atoms with E-state index in [1.54, 1.807) is 6.20 Å². The van der Waals surface area contributed by atoms with Crippen LogP contribution in [-0.2, 0) is 4.74 Å². The molecule has 2 rings (SSSR count). The smallest absolute Gasteiger partial charge is 0.137 e. The van der Waals surface area contributed by atoms with Crippen molar-refractivity contribution in [3.8, 4) is 0 Å². The summed E-state index contributed by atoms with van der Waals surface area (Å²) in [5, 5.41) is 0. The first kappa shape index (κ1) is 10.2. The Morgan fingerprint density at radius 1 is 1.60 bits per heavy atom. The number of nitrogens with zero attached hydrogens (tertiary/aromatic N) is 2. The Labute approximate surface area is 96.5 Å². The highest BCUT2D eigenvalue weighted by atomic mass is 79.9. The molecule has 0 aromatic carbocycles. The molecule has 2 aromatic heterocycles. The maximum atomic E-state index is 5.36. The molecular weight excluding hydrogens is 256 g/mol. The van der Waals surface area contributed by atoms with E-state index in [-0.39, 0.29) is 0 Å². The standard InChI is InChI=1S/C11H11BrN2O/c1-3-15-8(2)10-6-13-11-5-4-9(12)7-14(10)11/h4-7H,2-3H2,1H3. The number of rotatable bonds is 3. The van der Waals surface area contributed by atoms with Gasteiger partial charge in [-0.1, -0.05) is 6.58 Å². The molecule has 0 radical (unpaired) electrons. The van der Waals surface area contributed by atoms with Crippen LogP contribution in [0.3, 0.4) is 0 Å². The summed E-state index contributed by atoms with van der Waals surface area (Å²) in [5.41, 5.74) is 1.77. The van der Waals surface area contributed by atoms with Crippen LogP contribution >= 0.6 is 15.9 Å². The molecule has 0 spiro atoms. The quantitative estimate of drug-likeness (QED) is 0.799. The third kappa shape index (κ3) is 1.90. The van der Waals surface area contributed by atoms with Gasteiger partial charge in [-0.15, -0.1) is 0 Å². The topological polar surface area (TPSA) is 26.5 Å². The van der Waals surface area contributed by atoms with Gasteiger partial charge in [-0.3, -0.25) is 4.40 Å². The number of fused-ring (bicyclic) bond motifs is 1. The second-order valence-electron chi connectivity index (χ2n) is 3.08. The monoisotopic (exact) mass is 266 g/mol. The number of aromatic nitrogens is 2. The van der Waals surface area contributed by atoms with Crippen molar-refractivity contribution >= 4 is 27.3 Å². The van der Waals surface area contributed by atoms with Gasteiger partial charge < -0.3 is 4.74 Å². The van der Waals surface area contributed by atoms with Gasteiger partial charge in [-0.2, -0.15) is 0 Å². The van der Waals surface area contributed by atoms with Gasteiger partial charge >= 0.3 is 0 Å². The fourth-order valence-electron chi connectivity index (χ4n) is 1.41. The second kappa shape index (κ2) is 4.06. The van der Waals surface area contributed by atoms with Crippen LogP contribution in [0.4, 0.5) is 0 Å². The Kier molecular flexibility index (Phi) is 2.77. The van der Waals surface area contributed by atoms with Crippen molar-refractivity contribution in [1.29, 1.82) is 0 Å². The molecule has 0 bridgehead atoms. The number of hydrogen-bond donors (Lipinski definition) is 0. The highest BCUT2D eigenvalue weighted by molar-refractivity contribution is 9.10. The van der Waals surface area contributed by atoms with Crippen LogP contribution in [0.15, 0.2) is 35.6 Å². The van der Waals surface area contributed by atoms with Gasteiger partial charge in [0.05, 0.1) is 12.8 Å². The highest BCUT2D eigenvalue weighted by Crippen LogP contribution is 2.18. The maximum Gasteiger partial charge on any atom is 0.137 e. The van der Waals surface area contributed by atoms with Gasteiger partial charge in [-0.05, 0) is 35.0 Å². The molecule has 0 saturated carbocycles. The number of imidazole rings is 1. The molecule has 0 amide bonds. The van der Waals surface area contributed by atoms with Crippen molar-refractivity contribution < 1.29 is 4.74 Å². The summed E-state index contributed by atoms with van der Waals surface area (Å²) in [4.78, 5) is 4.26. The van der Waals surface area contributed by atoms with Crippen LogP contribution in [0.5, 0.6) is 0 Å². The minimum atomic E-state index is 0.611. The lowest BCUT2D eigenvalue weighted by Gasteiger charge is -2.06. The number of pyridine rings is 1. The summed E-state index contributed by atoms with van der Waals surface area (Å²) in [6, 6.07) is 3.89. The van der Waals surface area contributed by atoms with E-state index in [0.717, 1.165) is 15.8 Å². The van der Waals surface area contributed by atoms with Gasteiger partial charge in [0.1, 0.15) is 17.1 Å². The fraction of sp³-hybridized carbons (Fsp3) is 0.182. The summed E-state index contributed by atoms with van der Waals surface area (Å²) < 4.78 is 8.31. The van der Waals surface area contributed by atoms with Crippen LogP contribution in [-0.4, -0.2) is 16.0 Å². The van der Waals surface area contributed by atoms with E-state index >= 15 is 0 Å². The molecule has 4 heteroatoms. The SMILES string of the molecule is C=C(OCC)c1cnc2ccc(Br)cn12. The first-order valence-electron chi connectivity index (χ1n) is 4.67. The maximum absolute atomic E-state index is 5.36. The molecule has 2 heterocycles. The lowest BCUT2D eigenvalue weighted by molar-refractivity contribution is 0.297. The molecule has 0 fully saturated rings. The van der Waals surface area contributed by atoms with Crippen LogP contribution in [0.1, 0.15) is 12.6 Å². The number of ether oxygens (including phenoxy) is 1. The first-order chi connectivity index (χ1) is 7.22. The zero-order valence-corrected chi connectivity index (χ0v) is 9.99. The lowest BCUT2D eigenvalue weighted by Crippen LogP contribution is -1.95. The Balaban J connectivity index is 2.52. The normalized spacial score (nSPS) is 10.5. The molecule has 78 valence electrons. The molecule has 0 aliphatic carbocycles. The average Bonchev–Trinajstić information content (AvgIpc) is 2.60. The Morgan fingerprint density at radius 3 is 3.13 bits per heavy atom. The van der Waals surface area contributed by atoms with Crippen LogP contribution in [0.2, 0.25) is 0 Å². The van der Waals surface area contributed by atoms with Crippen molar-refractivity contribution in [3.63, 3.8) is 0 Å². The molecule has 3 nitrogen and oxygen atoms in total. The zero-order valence-electron chi connectivity index (χ0n) is 8.40. The Bertz CT molecular complexity index is 504. The summed E-state index contributed by atoms with van der Waals surface area (Å²) >= 11 is 3.42.